The minimum Gasteiger partial charge on any atom is -0.301 e. The van der Waals surface area contributed by atoms with Crippen LogP contribution in [0.1, 0.15) is 19.8 Å². The van der Waals surface area contributed by atoms with Crippen molar-refractivity contribution < 1.29 is 0 Å². The van der Waals surface area contributed by atoms with Gasteiger partial charge in [0.1, 0.15) is 0 Å². The molecule has 1 saturated heterocycles. The zero-order chi connectivity index (χ0) is 8.81. The van der Waals surface area contributed by atoms with Crippen LogP contribution >= 0.6 is 23.4 Å². The number of hydrogen-bond donors (Lipinski definition) is 0. The van der Waals surface area contributed by atoms with E-state index >= 15 is 0 Å². The predicted octanol–water partition coefficient (Wildman–Crippen LogP) is 2.44. The van der Waals surface area contributed by atoms with Gasteiger partial charge in [0.25, 0.3) is 0 Å². The molecule has 0 amide bonds. The lowest BCUT2D eigenvalue weighted by molar-refractivity contribution is 0.282. The van der Waals surface area contributed by atoms with E-state index in [9.17, 15) is 0 Å². The van der Waals surface area contributed by atoms with Gasteiger partial charge in [-0.15, -0.1) is 11.6 Å². The van der Waals surface area contributed by atoms with Crippen LogP contribution in [0.3, 0.4) is 0 Å². The molecule has 0 saturated carbocycles. The van der Waals surface area contributed by atoms with Gasteiger partial charge in [0.05, 0.1) is 0 Å². The average Bonchev–Trinajstić information content (AvgIpc) is 2.15. The van der Waals surface area contributed by atoms with Crippen LogP contribution in [0.4, 0.5) is 0 Å². The van der Waals surface area contributed by atoms with E-state index in [2.05, 4.69) is 23.6 Å². The molecule has 0 aromatic rings. The fourth-order valence-corrected chi connectivity index (χ4v) is 2.88. The summed E-state index contributed by atoms with van der Waals surface area (Å²) in [7, 11) is 0. The van der Waals surface area contributed by atoms with Crippen LogP contribution in [0.15, 0.2) is 0 Å². The Bertz CT molecular complexity index is 121. The van der Waals surface area contributed by atoms with Crippen LogP contribution in [0, 0.1) is 0 Å². The maximum atomic E-state index is 5.66. The molecule has 1 atom stereocenters. The zero-order valence-electron chi connectivity index (χ0n) is 7.76. The summed E-state index contributed by atoms with van der Waals surface area (Å²) in [5, 5.41) is 0.870. The summed E-state index contributed by atoms with van der Waals surface area (Å²) in [6.07, 6.45) is 2.45. The number of thioether (sulfide) groups is 1. The Morgan fingerprint density at radius 3 is 3.08 bits per heavy atom. The van der Waals surface area contributed by atoms with E-state index in [4.69, 9.17) is 11.6 Å². The Morgan fingerprint density at radius 1 is 1.58 bits per heavy atom. The molecule has 0 spiro atoms. The number of alkyl halides is 1. The minimum atomic E-state index is 0.806. The maximum Gasteiger partial charge on any atom is 0.0235 e. The first-order chi connectivity index (χ1) is 5.86. The van der Waals surface area contributed by atoms with Crippen LogP contribution in [-0.4, -0.2) is 41.4 Å². The van der Waals surface area contributed by atoms with Crippen molar-refractivity contribution in [1.29, 1.82) is 0 Å². The fraction of sp³-hybridized carbons (Fsp3) is 1.00. The van der Waals surface area contributed by atoms with Gasteiger partial charge < -0.3 is 4.90 Å². The Labute approximate surface area is 84.8 Å². The Hall–Kier alpha value is 0.600. The molecule has 3 heteroatoms. The highest BCUT2D eigenvalue weighted by Gasteiger charge is 2.17. The maximum absolute atomic E-state index is 5.66. The van der Waals surface area contributed by atoms with Crippen LogP contribution < -0.4 is 0 Å². The molecule has 0 bridgehead atoms. The molecule has 12 heavy (non-hydrogen) atoms. The smallest absolute Gasteiger partial charge is 0.0235 e. The molecule has 0 aromatic heterocycles. The summed E-state index contributed by atoms with van der Waals surface area (Å²) in [5.74, 6) is 2.11. The first kappa shape index (κ1) is 10.7. The summed E-state index contributed by atoms with van der Waals surface area (Å²) < 4.78 is 0. The lowest BCUT2D eigenvalue weighted by atomic mass is 10.3. The summed E-state index contributed by atoms with van der Waals surface area (Å²) in [4.78, 5) is 2.55. The monoisotopic (exact) mass is 207 g/mol. The van der Waals surface area contributed by atoms with Crippen molar-refractivity contribution >= 4 is 23.4 Å². The summed E-state index contributed by atoms with van der Waals surface area (Å²) >= 11 is 7.78. The lowest BCUT2D eigenvalue weighted by Gasteiger charge is -2.31. The Morgan fingerprint density at radius 2 is 2.42 bits per heavy atom. The molecule has 1 rings (SSSR count). The third-order valence-corrected chi connectivity index (χ3v) is 3.93. The molecule has 0 aromatic carbocycles. The molecule has 1 unspecified atom stereocenters. The molecule has 0 radical (unpaired) electrons. The first-order valence-corrected chi connectivity index (χ1v) is 6.35. The van der Waals surface area contributed by atoms with Crippen LogP contribution in [0.2, 0.25) is 0 Å². The van der Waals surface area contributed by atoms with Crippen LogP contribution in [0.5, 0.6) is 0 Å². The van der Waals surface area contributed by atoms with Crippen LogP contribution in [-0.2, 0) is 0 Å². The number of halogens is 1. The van der Waals surface area contributed by atoms with Gasteiger partial charge in [-0.25, -0.2) is 0 Å². The first-order valence-electron chi connectivity index (χ1n) is 4.76. The third-order valence-electron chi connectivity index (χ3n) is 2.29. The van der Waals surface area contributed by atoms with Crippen molar-refractivity contribution in [2.45, 2.75) is 25.0 Å². The highest BCUT2D eigenvalue weighted by molar-refractivity contribution is 8.00. The van der Waals surface area contributed by atoms with Gasteiger partial charge in [-0.2, -0.15) is 11.8 Å². The molecule has 1 aliphatic heterocycles. The molecule has 1 aliphatic rings. The van der Waals surface area contributed by atoms with Crippen molar-refractivity contribution in [2.75, 3.05) is 31.3 Å². The number of nitrogens with zero attached hydrogens (tertiary/aromatic N) is 1. The summed E-state index contributed by atoms with van der Waals surface area (Å²) in [5.41, 5.74) is 0. The van der Waals surface area contributed by atoms with Crippen molar-refractivity contribution in [2.24, 2.45) is 0 Å². The standard InChI is InChI=1S/C9H18ClNS/c1-2-9-8-11(5-3-4-10)6-7-12-9/h9H,2-8H2,1H3. The van der Waals surface area contributed by atoms with Crippen molar-refractivity contribution in [3.05, 3.63) is 0 Å². The Balaban J connectivity index is 2.16. The zero-order valence-corrected chi connectivity index (χ0v) is 9.33. The van der Waals surface area contributed by atoms with E-state index < -0.39 is 0 Å². The van der Waals surface area contributed by atoms with Gasteiger partial charge in [0, 0.05) is 30.0 Å². The molecular weight excluding hydrogens is 190 g/mol. The van der Waals surface area contributed by atoms with E-state index in [0.717, 1.165) is 17.6 Å². The van der Waals surface area contributed by atoms with Gasteiger partial charge in [-0.05, 0) is 19.4 Å². The molecule has 1 heterocycles. The SMILES string of the molecule is CCC1CN(CCCCl)CCS1. The van der Waals surface area contributed by atoms with E-state index in [0.29, 0.717) is 0 Å². The predicted molar refractivity (Wildman–Crippen MR) is 58.3 cm³/mol. The second kappa shape index (κ2) is 6.11. The normalized spacial score (nSPS) is 26.0. The van der Waals surface area contributed by atoms with E-state index in [1.807, 2.05) is 0 Å². The second-order valence-corrected chi connectivity index (χ2v) is 5.03. The molecule has 1 fully saturated rings. The molecular formula is C9H18ClNS. The van der Waals surface area contributed by atoms with Crippen LogP contribution in [0.25, 0.3) is 0 Å². The molecule has 0 N–H and O–H groups in total. The number of rotatable bonds is 4. The van der Waals surface area contributed by atoms with E-state index in [-0.39, 0.29) is 0 Å². The highest BCUT2D eigenvalue weighted by atomic mass is 35.5. The third kappa shape index (κ3) is 3.55. The van der Waals surface area contributed by atoms with Crippen molar-refractivity contribution in [3.8, 4) is 0 Å². The van der Waals surface area contributed by atoms with Gasteiger partial charge in [-0.3, -0.25) is 0 Å². The molecule has 0 aliphatic carbocycles. The topological polar surface area (TPSA) is 3.24 Å². The summed E-state index contributed by atoms with van der Waals surface area (Å²) in [6.45, 7) is 6.01. The van der Waals surface area contributed by atoms with Gasteiger partial charge in [0.15, 0.2) is 0 Å². The van der Waals surface area contributed by atoms with Gasteiger partial charge in [-0.1, -0.05) is 6.92 Å². The largest absolute Gasteiger partial charge is 0.301 e. The lowest BCUT2D eigenvalue weighted by Crippen LogP contribution is -2.38. The molecule has 72 valence electrons. The van der Waals surface area contributed by atoms with E-state index in [1.54, 1.807) is 0 Å². The molecule has 1 nitrogen and oxygen atoms in total. The second-order valence-electron chi connectivity index (χ2n) is 3.24. The highest BCUT2D eigenvalue weighted by Crippen LogP contribution is 2.20. The average molecular weight is 208 g/mol. The van der Waals surface area contributed by atoms with Crippen molar-refractivity contribution in [1.82, 2.24) is 4.90 Å². The number of hydrogen-bond acceptors (Lipinski definition) is 2. The minimum absolute atomic E-state index is 0.806. The van der Waals surface area contributed by atoms with Gasteiger partial charge >= 0.3 is 0 Å². The summed E-state index contributed by atoms with van der Waals surface area (Å²) in [6, 6.07) is 0. The Kier molecular flexibility index (Phi) is 5.44. The van der Waals surface area contributed by atoms with Crippen molar-refractivity contribution in [3.63, 3.8) is 0 Å². The van der Waals surface area contributed by atoms with Gasteiger partial charge in [0.2, 0.25) is 0 Å². The fourth-order valence-electron chi connectivity index (χ4n) is 1.51. The quantitative estimate of drug-likeness (QED) is 0.652. The van der Waals surface area contributed by atoms with E-state index in [1.165, 1.54) is 31.8 Å².